The van der Waals surface area contributed by atoms with Crippen LogP contribution in [0.2, 0.25) is 0 Å². The fraction of sp³-hybridized carbons (Fsp3) is 1.00. The van der Waals surface area contributed by atoms with Crippen molar-refractivity contribution in [3.05, 3.63) is 0 Å². The van der Waals surface area contributed by atoms with Gasteiger partial charge in [0.1, 0.15) is 12.7 Å². The third-order valence-electron chi connectivity index (χ3n) is 1.90. The molecule has 0 aromatic heterocycles. The molecule has 0 aromatic rings. The molecule has 2 fully saturated rings. The van der Waals surface area contributed by atoms with Crippen molar-refractivity contribution >= 4 is 0 Å². The molecule has 1 spiro atoms. The Morgan fingerprint density at radius 3 is 2.89 bits per heavy atom. The van der Waals surface area contributed by atoms with Gasteiger partial charge < -0.3 is 14.6 Å². The van der Waals surface area contributed by atoms with E-state index in [1.807, 2.05) is 6.92 Å². The van der Waals surface area contributed by atoms with Crippen LogP contribution in [0.1, 0.15) is 13.3 Å². The fourth-order valence-corrected chi connectivity index (χ4v) is 1.07. The molecule has 2 heterocycles. The van der Waals surface area contributed by atoms with Gasteiger partial charge in [-0.3, -0.25) is 0 Å². The smallest absolute Gasteiger partial charge is 0.222 e. The Kier molecular flexibility index (Phi) is 0.928. The number of aliphatic hydroxyl groups is 1. The van der Waals surface area contributed by atoms with E-state index in [2.05, 4.69) is 0 Å². The van der Waals surface area contributed by atoms with Crippen molar-refractivity contribution in [3.63, 3.8) is 0 Å². The second-order valence-corrected chi connectivity index (χ2v) is 2.61. The molecular formula is C6H10O3. The molecule has 0 aromatic carbocycles. The van der Waals surface area contributed by atoms with Crippen LogP contribution in [0.4, 0.5) is 0 Å². The molecule has 3 unspecified atom stereocenters. The zero-order chi connectivity index (χ0) is 6.48. The fourth-order valence-electron chi connectivity index (χ4n) is 1.07. The number of aliphatic hydroxyl groups excluding tert-OH is 1. The maximum Gasteiger partial charge on any atom is 0.222 e. The maximum atomic E-state index is 9.17. The number of hydrogen-bond donors (Lipinski definition) is 1. The molecule has 0 aliphatic carbocycles. The Balaban J connectivity index is 1.89. The van der Waals surface area contributed by atoms with Crippen molar-refractivity contribution in [2.75, 3.05) is 6.61 Å². The summed E-state index contributed by atoms with van der Waals surface area (Å²) in [6.07, 6.45) is 0.394. The van der Waals surface area contributed by atoms with Crippen LogP contribution < -0.4 is 0 Å². The lowest BCUT2D eigenvalue weighted by Crippen LogP contribution is -2.16. The highest BCUT2D eigenvalue weighted by Gasteiger charge is 2.70. The molecule has 1 N–H and O–H groups in total. The standard InChI is InChI=1S/C6H10O3/c1-2-4(7)5-6(9-5)3-8-6/h4-5,7H,2-3H2,1H3. The Morgan fingerprint density at radius 2 is 2.56 bits per heavy atom. The third kappa shape index (κ3) is 0.689. The van der Waals surface area contributed by atoms with Crippen molar-refractivity contribution in [2.45, 2.75) is 31.3 Å². The summed E-state index contributed by atoms with van der Waals surface area (Å²) in [6, 6.07) is 0. The van der Waals surface area contributed by atoms with Crippen LogP contribution >= 0.6 is 0 Å². The Morgan fingerprint density at radius 1 is 1.89 bits per heavy atom. The molecule has 3 nitrogen and oxygen atoms in total. The van der Waals surface area contributed by atoms with E-state index in [4.69, 9.17) is 14.6 Å². The summed E-state index contributed by atoms with van der Waals surface area (Å²) in [5.41, 5.74) is 0. The number of hydrogen-bond acceptors (Lipinski definition) is 3. The first-order chi connectivity index (χ1) is 4.28. The lowest BCUT2D eigenvalue weighted by atomic mass is 10.2. The highest BCUT2D eigenvalue weighted by molar-refractivity contribution is 5.07. The van der Waals surface area contributed by atoms with E-state index in [1.54, 1.807) is 0 Å². The number of rotatable bonds is 2. The van der Waals surface area contributed by atoms with Crippen LogP contribution in [-0.4, -0.2) is 29.7 Å². The average Bonchev–Trinajstić information content (AvgIpc) is 2.74. The Bertz CT molecular complexity index is 130. The molecule has 2 saturated heterocycles. The summed E-state index contributed by atoms with van der Waals surface area (Å²) < 4.78 is 10.1. The first-order valence-electron chi connectivity index (χ1n) is 3.28. The van der Waals surface area contributed by atoms with Gasteiger partial charge in [0, 0.05) is 0 Å². The summed E-state index contributed by atoms with van der Waals surface area (Å²) >= 11 is 0. The molecule has 3 atom stereocenters. The highest BCUT2D eigenvalue weighted by Crippen LogP contribution is 2.50. The highest BCUT2D eigenvalue weighted by atomic mass is 16.9. The van der Waals surface area contributed by atoms with Gasteiger partial charge in [0.2, 0.25) is 5.79 Å². The van der Waals surface area contributed by atoms with Gasteiger partial charge in [-0.25, -0.2) is 0 Å². The van der Waals surface area contributed by atoms with Crippen molar-refractivity contribution in [2.24, 2.45) is 0 Å². The van der Waals surface area contributed by atoms with E-state index >= 15 is 0 Å². The Hall–Kier alpha value is -0.120. The number of ether oxygens (including phenoxy) is 2. The van der Waals surface area contributed by atoms with Crippen molar-refractivity contribution in [3.8, 4) is 0 Å². The van der Waals surface area contributed by atoms with Gasteiger partial charge in [-0.05, 0) is 6.42 Å². The molecule has 0 bridgehead atoms. The quantitative estimate of drug-likeness (QED) is 0.530. The SMILES string of the molecule is CCC(O)C1OC12CO2. The molecule has 2 aliphatic rings. The van der Waals surface area contributed by atoms with Gasteiger partial charge in [-0.2, -0.15) is 0 Å². The normalized spacial score (nSPS) is 49.3. The first-order valence-corrected chi connectivity index (χ1v) is 3.28. The lowest BCUT2D eigenvalue weighted by molar-refractivity contribution is 0.131. The van der Waals surface area contributed by atoms with E-state index in [-0.39, 0.29) is 18.0 Å². The first kappa shape index (κ1) is 5.65. The van der Waals surface area contributed by atoms with Gasteiger partial charge in [0.15, 0.2) is 0 Å². The zero-order valence-electron chi connectivity index (χ0n) is 5.33. The average molecular weight is 130 g/mol. The molecular weight excluding hydrogens is 120 g/mol. The van der Waals surface area contributed by atoms with Crippen LogP contribution in [0.15, 0.2) is 0 Å². The van der Waals surface area contributed by atoms with Crippen LogP contribution in [0, 0.1) is 0 Å². The maximum absolute atomic E-state index is 9.17. The predicted molar refractivity (Wildman–Crippen MR) is 29.9 cm³/mol. The van der Waals surface area contributed by atoms with Crippen LogP contribution in [0.5, 0.6) is 0 Å². The van der Waals surface area contributed by atoms with Gasteiger partial charge in [0.05, 0.1) is 6.10 Å². The Labute approximate surface area is 53.6 Å². The van der Waals surface area contributed by atoms with Gasteiger partial charge in [-0.1, -0.05) is 6.92 Å². The van der Waals surface area contributed by atoms with E-state index < -0.39 is 0 Å². The van der Waals surface area contributed by atoms with Crippen LogP contribution in [0.25, 0.3) is 0 Å². The second-order valence-electron chi connectivity index (χ2n) is 2.61. The van der Waals surface area contributed by atoms with E-state index in [0.29, 0.717) is 6.61 Å². The van der Waals surface area contributed by atoms with Gasteiger partial charge in [-0.15, -0.1) is 0 Å². The minimum Gasteiger partial charge on any atom is -0.390 e. The lowest BCUT2D eigenvalue weighted by Gasteiger charge is -1.98. The van der Waals surface area contributed by atoms with Gasteiger partial charge >= 0.3 is 0 Å². The van der Waals surface area contributed by atoms with Crippen LogP contribution in [0.3, 0.4) is 0 Å². The molecule has 2 aliphatic heterocycles. The monoisotopic (exact) mass is 130 g/mol. The molecule has 0 amide bonds. The molecule has 52 valence electrons. The molecule has 9 heavy (non-hydrogen) atoms. The van der Waals surface area contributed by atoms with Crippen LogP contribution in [-0.2, 0) is 9.47 Å². The van der Waals surface area contributed by atoms with E-state index in [1.165, 1.54) is 0 Å². The minimum absolute atomic E-state index is 0.0255. The molecule has 2 rings (SSSR count). The second kappa shape index (κ2) is 1.48. The summed E-state index contributed by atoms with van der Waals surface area (Å²) in [7, 11) is 0. The van der Waals surface area contributed by atoms with Crippen molar-refractivity contribution in [1.82, 2.24) is 0 Å². The third-order valence-corrected chi connectivity index (χ3v) is 1.90. The van der Waals surface area contributed by atoms with Gasteiger partial charge in [0.25, 0.3) is 0 Å². The molecule has 0 saturated carbocycles. The number of epoxide rings is 2. The van der Waals surface area contributed by atoms with Crippen molar-refractivity contribution in [1.29, 1.82) is 0 Å². The van der Waals surface area contributed by atoms with Crippen molar-refractivity contribution < 1.29 is 14.6 Å². The molecule has 3 heteroatoms. The molecule has 0 radical (unpaired) electrons. The summed E-state index contributed by atoms with van der Waals surface area (Å²) in [6.45, 7) is 2.61. The largest absolute Gasteiger partial charge is 0.390 e. The predicted octanol–water partition coefficient (Wildman–Crippen LogP) is -0.117. The summed E-state index contributed by atoms with van der Waals surface area (Å²) in [5, 5.41) is 9.17. The summed E-state index contributed by atoms with van der Waals surface area (Å²) in [4.78, 5) is 0. The van der Waals surface area contributed by atoms with E-state index in [9.17, 15) is 0 Å². The van der Waals surface area contributed by atoms with E-state index in [0.717, 1.165) is 6.42 Å². The minimum atomic E-state index is -0.326. The topological polar surface area (TPSA) is 45.3 Å². The summed E-state index contributed by atoms with van der Waals surface area (Å²) in [5.74, 6) is -0.310. The zero-order valence-corrected chi connectivity index (χ0v) is 5.33.